The van der Waals surface area contributed by atoms with E-state index in [2.05, 4.69) is 32.4 Å². The Kier molecular flexibility index (Phi) is 8.47. The number of ether oxygens (including phenoxy) is 1. The second kappa shape index (κ2) is 12.1. The van der Waals surface area contributed by atoms with Gasteiger partial charge in [-0.15, -0.1) is 0 Å². The predicted molar refractivity (Wildman–Crippen MR) is 176 cm³/mol. The van der Waals surface area contributed by atoms with E-state index < -0.39 is 22.0 Å². The van der Waals surface area contributed by atoms with E-state index in [0.29, 0.717) is 18.9 Å². The van der Waals surface area contributed by atoms with Crippen molar-refractivity contribution < 1.29 is 22.7 Å². The number of nitrogens with one attached hydrogen (secondary N) is 1. The van der Waals surface area contributed by atoms with Crippen molar-refractivity contribution in [2.24, 2.45) is 11.8 Å². The number of carbonyl (C=O) groups is 2. The zero-order valence-electron chi connectivity index (χ0n) is 27.2. The minimum atomic E-state index is -3.97. The van der Waals surface area contributed by atoms with Gasteiger partial charge in [0.15, 0.2) is 0 Å². The smallest absolute Gasteiger partial charge is 0.303 e. The van der Waals surface area contributed by atoms with Crippen molar-refractivity contribution in [3.8, 4) is 5.75 Å². The summed E-state index contributed by atoms with van der Waals surface area (Å²) >= 11 is 0. The molecule has 11 heteroatoms. The molecule has 1 aromatic carbocycles. The highest BCUT2D eigenvalue weighted by Gasteiger charge is 2.52. The van der Waals surface area contributed by atoms with E-state index in [-0.39, 0.29) is 17.7 Å². The number of fused-ring (bicyclic) bond motifs is 6. The first-order chi connectivity index (χ1) is 21.4. The Labute approximate surface area is 266 Å². The maximum atomic E-state index is 14.2. The van der Waals surface area contributed by atoms with Gasteiger partial charge in [0.25, 0.3) is 0 Å². The Morgan fingerprint density at radius 2 is 1.78 bits per heavy atom. The number of nitrogens with zero attached hydrogens (tertiary/aromatic N) is 4. The minimum Gasteiger partial charge on any atom is -0.496 e. The summed E-state index contributed by atoms with van der Waals surface area (Å²) in [6, 6.07) is 6.42. The molecule has 242 valence electrons. The molecule has 3 aliphatic carbocycles. The molecule has 6 rings (SSSR count). The van der Waals surface area contributed by atoms with Crippen LogP contribution >= 0.6 is 0 Å². The molecule has 1 aliphatic heterocycles. The van der Waals surface area contributed by atoms with Gasteiger partial charge in [0.2, 0.25) is 11.8 Å². The number of amides is 2. The molecular weight excluding hydrogens is 590 g/mol. The highest BCUT2D eigenvalue weighted by atomic mass is 32.2. The third-order valence-electron chi connectivity index (χ3n) is 9.98. The molecule has 3 atom stereocenters. The lowest BCUT2D eigenvalue weighted by Crippen LogP contribution is -2.41. The van der Waals surface area contributed by atoms with E-state index in [4.69, 9.17) is 4.74 Å². The van der Waals surface area contributed by atoms with Crippen LogP contribution < -0.4 is 9.46 Å². The van der Waals surface area contributed by atoms with Crippen molar-refractivity contribution in [3.05, 3.63) is 58.3 Å². The van der Waals surface area contributed by atoms with Gasteiger partial charge in [-0.25, -0.2) is 4.72 Å². The van der Waals surface area contributed by atoms with Crippen molar-refractivity contribution in [2.75, 3.05) is 55.4 Å². The van der Waals surface area contributed by atoms with Crippen LogP contribution in [0.15, 0.2) is 47.1 Å². The van der Waals surface area contributed by atoms with Gasteiger partial charge >= 0.3 is 10.2 Å². The van der Waals surface area contributed by atoms with E-state index in [1.165, 1.54) is 38.9 Å². The number of likely N-dealkylation sites (N-methyl/N-ethyl adjacent to an activating group) is 2. The van der Waals surface area contributed by atoms with E-state index in [9.17, 15) is 18.0 Å². The highest BCUT2D eigenvalue weighted by molar-refractivity contribution is 7.87. The molecule has 0 spiro atoms. The third-order valence-corrected chi connectivity index (χ3v) is 11.4. The number of rotatable bonds is 9. The number of hydrogen-bond donors (Lipinski definition) is 1. The lowest BCUT2D eigenvalue weighted by molar-refractivity contribution is -0.134. The van der Waals surface area contributed by atoms with E-state index >= 15 is 0 Å². The van der Waals surface area contributed by atoms with Crippen LogP contribution in [0.5, 0.6) is 5.75 Å². The molecule has 0 saturated heterocycles. The van der Waals surface area contributed by atoms with Gasteiger partial charge in [-0.3, -0.25) is 9.59 Å². The van der Waals surface area contributed by atoms with Gasteiger partial charge < -0.3 is 19.1 Å². The molecular formula is C34H45N5O5S. The molecule has 0 radical (unpaired) electrons. The summed E-state index contributed by atoms with van der Waals surface area (Å²) in [5, 5.41) is 0.994. The predicted octanol–water partition coefficient (Wildman–Crippen LogP) is 4.08. The summed E-state index contributed by atoms with van der Waals surface area (Å²) in [7, 11) is 6.34. The number of allylic oxidation sites excluding steroid dienone is 3. The molecule has 2 amide bonds. The summed E-state index contributed by atoms with van der Waals surface area (Å²) in [5.74, 6) is -0.742. The SMILES string of the molecule is COc1ccc(C2CCCCC2)c2c1cc1n2C=C2C(=C3C=CC[C@@H](C(=O)N(C)CCN(C)C)C31)C2C(=O)NS(=O)(=O)N(C)C. The highest BCUT2D eigenvalue weighted by Crippen LogP contribution is 2.57. The van der Waals surface area contributed by atoms with Crippen LogP contribution in [0, 0.1) is 11.8 Å². The normalized spacial score (nSPS) is 22.9. The summed E-state index contributed by atoms with van der Waals surface area (Å²) in [6.45, 7) is 1.35. The number of benzene rings is 1. The Morgan fingerprint density at radius 1 is 1.04 bits per heavy atom. The molecule has 0 bridgehead atoms. The van der Waals surface area contributed by atoms with E-state index in [0.717, 1.165) is 62.8 Å². The number of hydrogen-bond acceptors (Lipinski definition) is 6. The van der Waals surface area contributed by atoms with Crippen LogP contribution in [0.3, 0.4) is 0 Å². The average molecular weight is 636 g/mol. The lowest BCUT2D eigenvalue weighted by atomic mass is 9.76. The topological polar surface area (TPSA) is 104 Å². The third kappa shape index (κ3) is 5.63. The van der Waals surface area contributed by atoms with Crippen LogP contribution in [0.1, 0.15) is 61.6 Å². The molecule has 2 heterocycles. The van der Waals surface area contributed by atoms with Crippen LogP contribution in [0.25, 0.3) is 17.1 Å². The molecule has 2 unspecified atom stereocenters. The van der Waals surface area contributed by atoms with Crippen molar-refractivity contribution >= 4 is 39.1 Å². The molecule has 2 aromatic rings. The maximum Gasteiger partial charge on any atom is 0.303 e. The second-order valence-electron chi connectivity index (χ2n) is 13.3. The zero-order valence-corrected chi connectivity index (χ0v) is 28.0. The molecule has 2 saturated carbocycles. The van der Waals surface area contributed by atoms with E-state index in [1.54, 1.807) is 7.11 Å². The minimum absolute atomic E-state index is 0.0564. The van der Waals surface area contributed by atoms with Crippen molar-refractivity contribution in [3.63, 3.8) is 0 Å². The van der Waals surface area contributed by atoms with Gasteiger partial charge in [-0.1, -0.05) is 37.5 Å². The van der Waals surface area contributed by atoms with Crippen LogP contribution in [0.2, 0.25) is 0 Å². The van der Waals surface area contributed by atoms with Crippen LogP contribution in [-0.2, 0) is 19.8 Å². The Hall–Kier alpha value is -3.41. The fourth-order valence-electron chi connectivity index (χ4n) is 7.47. The molecule has 1 N–H and O–H groups in total. The molecule has 10 nitrogen and oxygen atoms in total. The van der Waals surface area contributed by atoms with E-state index in [1.807, 2.05) is 44.4 Å². The fraction of sp³-hybridized carbons (Fsp3) is 0.529. The quantitative estimate of drug-likeness (QED) is 0.446. The molecule has 45 heavy (non-hydrogen) atoms. The van der Waals surface area contributed by atoms with Crippen LogP contribution in [0.4, 0.5) is 0 Å². The molecule has 4 aliphatic rings. The standard InChI is InChI=1S/C34H45N5O5S/c1-36(2)17-18-38(5)34(41)24-14-10-13-23-29(24)27-19-25-28(44-6)16-15-22(21-11-8-7-9-12-21)32(25)39(27)20-26-30(23)31(26)33(40)35-45(42,43)37(3)4/h10,13,15-16,19-21,24,29,31H,7-9,11-12,14,17-18H2,1-6H3,(H,35,40)/t24-,29?,31?/m1/s1. The van der Waals surface area contributed by atoms with Crippen molar-refractivity contribution in [1.82, 2.24) is 23.4 Å². The Balaban J connectivity index is 1.54. The fourth-order valence-corrected chi connectivity index (χ4v) is 8.03. The summed E-state index contributed by atoms with van der Waals surface area (Å²) in [6.07, 6.45) is 12.5. The Morgan fingerprint density at radius 3 is 2.44 bits per heavy atom. The zero-order chi connectivity index (χ0) is 32.2. The van der Waals surface area contributed by atoms with Gasteiger partial charge in [0.05, 0.1) is 24.5 Å². The maximum absolute atomic E-state index is 14.2. The Bertz CT molecular complexity index is 1730. The van der Waals surface area contributed by atoms with Gasteiger partial charge in [-0.05, 0) is 73.7 Å². The average Bonchev–Trinajstić information content (AvgIpc) is 3.65. The largest absolute Gasteiger partial charge is 0.496 e. The summed E-state index contributed by atoms with van der Waals surface area (Å²) in [4.78, 5) is 31.6. The first-order valence-corrected chi connectivity index (χ1v) is 17.4. The lowest BCUT2D eigenvalue weighted by Gasteiger charge is -2.33. The number of carbonyl (C=O) groups excluding carboxylic acids is 2. The first-order valence-electron chi connectivity index (χ1n) is 15.9. The van der Waals surface area contributed by atoms with Gasteiger partial charge in [0, 0.05) is 57.4 Å². The number of methoxy groups -OCH3 is 1. The van der Waals surface area contributed by atoms with Crippen molar-refractivity contribution in [2.45, 2.75) is 50.4 Å². The number of aromatic nitrogens is 1. The summed E-state index contributed by atoms with van der Waals surface area (Å²) in [5.41, 5.74) is 5.82. The van der Waals surface area contributed by atoms with Crippen molar-refractivity contribution in [1.29, 1.82) is 0 Å². The first kappa shape index (κ1) is 31.6. The van der Waals surface area contributed by atoms with Gasteiger partial charge in [-0.2, -0.15) is 12.7 Å². The monoisotopic (exact) mass is 635 g/mol. The second-order valence-corrected chi connectivity index (χ2v) is 15.2. The summed E-state index contributed by atoms with van der Waals surface area (Å²) < 4.78 is 36.6. The van der Waals surface area contributed by atoms with Gasteiger partial charge in [0.1, 0.15) is 5.75 Å². The van der Waals surface area contributed by atoms with Crippen LogP contribution in [-0.4, -0.2) is 94.3 Å². The molecule has 1 aromatic heterocycles. The molecule has 2 fully saturated rings.